The molecule has 6 nitrogen and oxygen atoms in total. The van der Waals surface area contributed by atoms with Gasteiger partial charge in [0.1, 0.15) is 5.03 Å². The van der Waals surface area contributed by atoms with Crippen molar-refractivity contribution < 1.29 is 9.21 Å². The van der Waals surface area contributed by atoms with Crippen molar-refractivity contribution in [1.29, 1.82) is 0 Å². The zero-order chi connectivity index (χ0) is 23.7. The largest absolute Gasteiger partial charge is 0.461 e. The number of benzene rings is 2. The van der Waals surface area contributed by atoms with Gasteiger partial charge in [0.05, 0.1) is 23.2 Å². The Kier molecular flexibility index (Phi) is 6.17. The van der Waals surface area contributed by atoms with E-state index in [0.717, 1.165) is 38.4 Å². The second-order valence-electron chi connectivity index (χ2n) is 7.83. The first-order valence-corrected chi connectivity index (χ1v) is 12.6. The summed E-state index contributed by atoms with van der Waals surface area (Å²) in [4.78, 5) is 28.5. The summed E-state index contributed by atoms with van der Waals surface area (Å²) in [5.74, 6) is 1.75. The molecule has 0 unspecified atom stereocenters. The first-order chi connectivity index (χ1) is 16.5. The fourth-order valence-corrected chi connectivity index (χ4v) is 5.56. The first-order valence-electron chi connectivity index (χ1n) is 10.8. The molecule has 0 radical (unpaired) electrons. The number of thiazole rings is 1. The number of rotatable bonds is 6. The molecule has 0 atom stereocenters. The van der Waals surface area contributed by atoms with E-state index in [0.29, 0.717) is 22.5 Å². The number of hydrogen-bond acceptors (Lipinski definition) is 7. The highest BCUT2D eigenvalue weighted by atomic mass is 32.2. The van der Waals surface area contributed by atoms with Crippen molar-refractivity contribution in [3.63, 3.8) is 0 Å². The Morgan fingerprint density at radius 1 is 1.03 bits per heavy atom. The SMILES string of the molecule is CC(=O)N(c1nc(CSc2nc(-c3ccco3)nc3ccccc23)cs1)c1cccc(C)c1C. The summed E-state index contributed by atoms with van der Waals surface area (Å²) in [5.41, 5.74) is 4.83. The highest BCUT2D eigenvalue weighted by Crippen LogP contribution is 2.35. The summed E-state index contributed by atoms with van der Waals surface area (Å²) in [6, 6.07) is 17.6. The molecule has 8 heteroatoms. The number of carbonyl (C=O) groups is 1. The Balaban J connectivity index is 1.43. The second-order valence-corrected chi connectivity index (χ2v) is 9.63. The van der Waals surface area contributed by atoms with Gasteiger partial charge in [-0.15, -0.1) is 11.3 Å². The number of furan rings is 1. The van der Waals surface area contributed by atoms with Gasteiger partial charge in [0, 0.05) is 23.4 Å². The zero-order valence-corrected chi connectivity index (χ0v) is 20.6. The minimum absolute atomic E-state index is 0.0628. The van der Waals surface area contributed by atoms with E-state index in [1.165, 1.54) is 11.3 Å². The van der Waals surface area contributed by atoms with Crippen molar-refractivity contribution in [3.8, 4) is 11.6 Å². The highest BCUT2D eigenvalue weighted by molar-refractivity contribution is 7.98. The number of nitrogens with zero attached hydrogens (tertiary/aromatic N) is 4. The number of carbonyl (C=O) groups excluding carboxylic acids is 1. The predicted octanol–water partition coefficient (Wildman–Crippen LogP) is 6.94. The summed E-state index contributed by atoms with van der Waals surface area (Å²) in [7, 11) is 0. The fraction of sp³-hybridized carbons (Fsp3) is 0.154. The molecule has 0 bridgehead atoms. The summed E-state index contributed by atoms with van der Waals surface area (Å²) in [5, 5.41) is 4.52. The van der Waals surface area contributed by atoms with Crippen LogP contribution in [0, 0.1) is 13.8 Å². The van der Waals surface area contributed by atoms with E-state index in [-0.39, 0.29) is 5.91 Å². The van der Waals surface area contributed by atoms with Crippen LogP contribution in [0.15, 0.2) is 75.7 Å². The van der Waals surface area contributed by atoms with E-state index in [9.17, 15) is 4.79 Å². The van der Waals surface area contributed by atoms with Crippen LogP contribution >= 0.6 is 23.1 Å². The Labute approximate surface area is 205 Å². The molecule has 5 rings (SSSR count). The van der Waals surface area contributed by atoms with Crippen LogP contribution < -0.4 is 4.90 Å². The lowest BCUT2D eigenvalue weighted by atomic mass is 10.1. The van der Waals surface area contributed by atoms with Crippen molar-refractivity contribution >= 4 is 50.7 Å². The first kappa shape index (κ1) is 22.3. The smallest absolute Gasteiger partial charge is 0.230 e. The van der Waals surface area contributed by atoms with Crippen LogP contribution in [0.5, 0.6) is 0 Å². The number of fused-ring (bicyclic) bond motifs is 1. The zero-order valence-electron chi connectivity index (χ0n) is 19.0. The van der Waals surface area contributed by atoms with Gasteiger partial charge in [-0.25, -0.2) is 15.0 Å². The number of anilines is 2. The molecule has 170 valence electrons. The van der Waals surface area contributed by atoms with E-state index >= 15 is 0 Å². The number of para-hydroxylation sites is 1. The molecule has 3 heterocycles. The highest BCUT2D eigenvalue weighted by Gasteiger charge is 2.20. The van der Waals surface area contributed by atoms with Crippen LogP contribution in [0.2, 0.25) is 0 Å². The third kappa shape index (κ3) is 4.34. The Morgan fingerprint density at radius 2 is 1.88 bits per heavy atom. The van der Waals surface area contributed by atoms with Gasteiger partial charge in [-0.05, 0) is 49.2 Å². The monoisotopic (exact) mass is 486 g/mol. The predicted molar refractivity (Wildman–Crippen MR) is 138 cm³/mol. The van der Waals surface area contributed by atoms with Gasteiger partial charge in [-0.3, -0.25) is 9.69 Å². The van der Waals surface area contributed by atoms with Crippen LogP contribution in [0.4, 0.5) is 10.8 Å². The second kappa shape index (κ2) is 9.40. The van der Waals surface area contributed by atoms with Gasteiger partial charge >= 0.3 is 0 Å². The molecule has 0 fully saturated rings. The molecule has 0 saturated heterocycles. The lowest BCUT2D eigenvalue weighted by molar-refractivity contribution is -0.115. The molecule has 0 aliphatic carbocycles. The quantitative estimate of drug-likeness (QED) is 0.191. The van der Waals surface area contributed by atoms with Gasteiger partial charge in [-0.2, -0.15) is 0 Å². The third-order valence-electron chi connectivity index (χ3n) is 5.53. The molecule has 3 aromatic heterocycles. The van der Waals surface area contributed by atoms with Crippen LogP contribution in [-0.2, 0) is 10.5 Å². The fourth-order valence-electron chi connectivity index (χ4n) is 3.67. The molecule has 34 heavy (non-hydrogen) atoms. The Morgan fingerprint density at radius 3 is 2.68 bits per heavy atom. The van der Waals surface area contributed by atoms with Crippen LogP contribution in [0.3, 0.4) is 0 Å². The minimum atomic E-state index is -0.0628. The maximum Gasteiger partial charge on any atom is 0.230 e. The average Bonchev–Trinajstić information content (AvgIpc) is 3.53. The molecular formula is C26H22N4O2S2. The van der Waals surface area contributed by atoms with Gasteiger partial charge < -0.3 is 4.42 Å². The molecule has 1 amide bonds. The third-order valence-corrected chi connectivity index (χ3v) is 7.43. The molecule has 5 aromatic rings. The van der Waals surface area contributed by atoms with Gasteiger partial charge in [0.2, 0.25) is 5.91 Å². The molecule has 0 spiro atoms. The summed E-state index contributed by atoms with van der Waals surface area (Å²) in [6.07, 6.45) is 1.62. The molecule has 0 aliphatic rings. The van der Waals surface area contributed by atoms with E-state index in [2.05, 4.69) is 4.98 Å². The number of amides is 1. The maximum atomic E-state index is 12.6. The van der Waals surface area contributed by atoms with Gasteiger partial charge in [0.25, 0.3) is 0 Å². The molecule has 0 N–H and O–H groups in total. The molecule has 0 saturated carbocycles. The number of aromatic nitrogens is 3. The normalized spacial score (nSPS) is 11.1. The number of aryl methyl sites for hydroxylation is 1. The van der Waals surface area contributed by atoms with Crippen LogP contribution in [0.1, 0.15) is 23.7 Å². The lowest BCUT2D eigenvalue weighted by Crippen LogP contribution is -2.23. The number of thioether (sulfide) groups is 1. The standard InChI is InChI=1S/C26H22N4O2S2/c1-16-8-6-11-22(17(16)2)30(18(3)31)26-27-19(15-34-26)14-33-25-20-9-4-5-10-21(20)28-24(29-25)23-12-7-13-32-23/h4-13,15H,14H2,1-3H3. The maximum absolute atomic E-state index is 12.6. The van der Waals surface area contributed by atoms with E-state index < -0.39 is 0 Å². The Bertz CT molecular complexity index is 1480. The summed E-state index contributed by atoms with van der Waals surface area (Å²) in [6.45, 7) is 5.65. The molecule has 2 aromatic carbocycles. The molecular weight excluding hydrogens is 464 g/mol. The van der Waals surface area contributed by atoms with Crippen molar-refractivity contribution in [2.45, 2.75) is 31.6 Å². The van der Waals surface area contributed by atoms with Gasteiger partial charge in [0.15, 0.2) is 16.7 Å². The van der Waals surface area contributed by atoms with Gasteiger partial charge in [-0.1, -0.05) is 42.1 Å². The topological polar surface area (TPSA) is 72.1 Å². The van der Waals surface area contributed by atoms with Crippen molar-refractivity contribution in [2.75, 3.05) is 4.90 Å². The number of hydrogen-bond donors (Lipinski definition) is 0. The van der Waals surface area contributed by atoms with E-state index in [4.69, 9.17) is 14.4 Å². The van der Waals surface area contributed by atoms with Crippen molar-refractivity contribution in [1.82, 2.24) is 15.0 Å². The summed E-state index contributed by atoms with van der Waals surface area (Å²) < 4.78 is 5.52. The lowest BCUT2D eigenvalue weighted by Gasteiger charge is -2.21. The summed E-state index contributed by atoms with van der Waals surface area (Å²) >= 11 is 3.07. The van der Waals surface area contributed by atoms with Crippen molar-refractivity contribution in [2.24, 2.45) is 0 Å². The van der Waals surface area contributed by atoms with E-state index in [1.807, 2.05) is 73.8 Å². The molecule has 0 aliphatic heterocycles. The minimum Gasteiger partial charge on any atom is -0.461 e. The van der Waals surface area contributed by atoms with E-state index in [1.54, 1.807) is 29.8 Å². The Hall–Kier alpha value is -3.49. The van der Waals surface area contributed by atoms with Crippen LogP contribution in [-0.4, -0.2) is 20.9 Å². The van der Waals surface area contributed by atoms with Crippen molar-refractivity contribution in [3.05, 3.63) is 83.1 Å². The van der Waals surface area contributed by atoms with Crippen LogP contribution in [0.25, 0.3) is 22.5 Å². The average molecular weight is 487 g/mol.